The average Bonchev–Trinajstić information content (AvgIpc) is 2.15. The number of carbonyl (C=O) groups is 1. The lowest BCUT2D eigenvalue weighted by Gasteiger charge is -2.24. The van der Waals surface area contributed by atoms with Crippen molar-refractivity contribution in [2.24, 2.45) is 11.8 Å². The monoisotopic (exact) mass is 187 g/mol. The summed E-state index contributed by atoms with van der Waals surface area (Å²) in [5.41, 5.74) is 0. The number of nitrogens with one attached hydrogen (secondary N) is 1. The van der Waals surface area contributed by atoms with Crippen LogP contribution in [0.5, 0.6) is 0 Å². The summed E-state index contributed by atoms with van der Waals surface area (Å²) in [6.07, 6.45) is 4.21. The van der Waals surface area contributed by atoms with Gasteiger partial charge in [-0.05, 0) is 31.6 Å². The van der Waals surface area contributed by atoms with E-state index < -0.39 is 6.67 Å². The van der Waals surface area contributed by atoms with E-state index in [-0.39, 0.29) is 18.4 Å². The Labute approximate surface area is 78.9 Å². The molecule has 1 fully saturated rings. The van der Waals surface area contributed by atoms with Crippen molar-refractivity contribution in [1.82, 2.24) is 5.32 Å². The number of rotatable bonds is 3. The number of carbonyl (C=O) groups excluding carboxylic acids is 1. The lowest BCUT2D eigenvalue weighted by atomic mass is 9.82. The summed E-state index contributed by atoms with van der Waals surface area (Å²) in [4.78, 5) is 11.4. The molecule has 0 aromatic carbocycles. The standard InChI is InChI=1S/C10H18FNO/c1-8-2-4-9(5-3-8)10(13)12-7-6-11/h8-9H,2-7H2,1H3,(H,12,13). The van der Waals surface area contributed by atoms with Gasteiger partial charge in [0.2, 0.25) is 5.91 Å². The van der Waals surface area contributed by atoms with Crippen LogP contribution in [-0.2, 0) is 4.79 Å². The summed E-state index contributed by atoms with van der Waals surface area (Å²) in [7, 11) is 0. The van der Waals surface area contributed by atoms with E-state index in [0.29, 0.717) is 0 Å². The van der Waals surface area contributed by atoms with Crippen LogP contribution in [0.4, 0.5) is 4.39 Å². The van der Waals surface area contributed by atoms with Gasteiger partial charge in [0, 0.05) is 12.5 Å². The van der Waals surface area contributed by atoms with Gasteiger partial charge in [0.1, 0.15) is 6.67 Å². The molecule has 3 heteroatoms. The van der Waals surface area contributed by atoms with E-state index in [1.807, 2.05) is 0 Å². The molecule has 0 heterocycles. The number of alkyl halides is 1. The molecule has 2 nitrogen and oxygen atoms in total. The van der Waals surface area contributed by atoms with Gasteiger partial charge in [-0.15, -0.1) is 0 Å². The first kappa shape index (κ1) is 10.5. The van der Waals surface area contributed by atoms with Crippen molar-refractivity contribution in [2.45, 2.75) is 32.6 Å². The van der Waals surface area contributed by atoms with Gasteiger partial charge >= 0.3 is 0 Å². The smallest absolute Gasteiger partial charge is 0.223 e. The largest absolute Gasteiger partial charge is 0.353 e. The van der Waals surface area contributed by atoms with Gasteiger partial charge in [0.25, 0.3) is 0 Å². The second kappa shape index (κ2) is 5.20. The van der Waals surface area contributed by atoms with E-state index in [0.717, 1.165) is 31.6 Å². The number of halogens is 1. The van der Waals surface area contributed by atoms with Crippen LogP contribution >= 0.6 is 0 Å². The molecule has 0 aliphatic heterocycles. The molecule has 0 aromatic heterocycles. The molecule has 0 saturated heterocycles. The first-order valence-corrected chi connectivity index (χ1v) is 5.07. The number of hydrogen-bond acceptors (Lipinski definition) is 1. The normalized spacial score (nSPS) is 28.5. The number of amides is 1. The third-order valence-corrected chi connectivity index (χ3v) is 2.78. The third-order valence-electron chi connectivity index (χ3n) is 2.78. The van der Waals surface area contributed by atoms with Crippen molar-refractivity contribution in [1.29, 1.82) is 0 Å². The summed E-state index contributed by atoms with van der Waals surface area (Å²) < 4.78 is 11.8. The van der Waals surface area contributed by atoms with Crippen molar-refractivity contribution >= 4 is 5.91 Å². The van der Waals surface area contributed by atoms with Gasteiger partial charge in [0.05, 0.1) is 0 Å². The minimum absolute atomic E-state index is 0.0459. The topological polar surface area (TPSA) is 29.1 Å². The highest BCUT2D eigenvalue weighted by atomic mass is 19.1. The Bertz CT molecular complexity index is 164. The summed E-state index contributed by atoms with van der Waals surface area (Å²) in [6, 6.07) is 0. The van der Waals surface area contributed by atoms with E-state index in [9.17, 15) is 9.18 Å². The first-order valence-electron chi connectivity index (χ1n) is 5.07. The van der Waals surface area contributed by atoms with Crippen LogP contribution < -0.4 is 5.32 Å². The van der Waals surface area contributed by atoms with E-state index >= 15 is 0 Å². The maximum Gasteiger partial charge on any atom is 0.223 e. The van der Waals surface area contributed by atoms with Crippen LogP contribution in [0.3, 0.4) is 0 Å². The lowest BCUT2D eigenvalue weighted by Crippen LogP contribution is -2.34. The fraction of sp³-hybridized carbons (Fsp3) is 0.900. The fourth-order valence-electron chi connectivity index (χ4n) is 1.84. The average molecular weight is 187 g/mol. The first-order chi connectivity index (χ1) is 6.24. The molecule has 0 unspecified atom stereocenters. The fourth-order valence-corrected chi connectivity index (χ4v) is 1.84. The Morgan fingerprint density at radius 1 is 1.38 bits per heavy atom. The highest BCUT2D eigenvalue weighted by Crippen LogP contribution is 2.28. The zero-order valence-corrected chi connectivity index (χ0v) is 8.18. The van der Waals surface area contributed by atoms with Crippen molar-refractivity contribution in [3.8, 4) is 0 Å². The predicted octanol–water partition coefficient (Wildman–Crippen LogP) is 1.90. The molecule has 0 radical (unpaired) electrons. The summed E-state index contributed by atoms with van der Waals surface area (Å²) in [6.45, 7) is 1.93. The molecule has 0 bridgehead atoms. The van der Waals surface area contributed by atoms with E-state index in [4.69, 9.17) is 0 Å². The molecule has 76 valence electrons. The van der Waals surface area contributed by atoms with Crippen LogP contribution in [0, 0.1) is 11.8 Å². The van der Waals surface area contributed by atoms with Gasteiger partial charge in [-0.3, -0.25) is 4.79 Å². The van der Waals surface area contributed by atoms with Crippen LogP contribution in [0.25, 0.3) is 0 Å². The lowest BCUT2D eigenvalue weighted by molar-refractivity contribution is -0.126. The van der Waals surface area contributed by atoms with Crippen LogP contribution in [0.15, 0.2) is 0 Å². The van der Waals surface area contributed by atoms with Crippen molar-refractivity contribution in [3.63, 3.8) is 0 Å². The quantitative estimate of drug-likeness (QED) is 0.718. The van der Waals surface area contributed by atoms with Crippen molar-refractivity contribution in [3.05, 3.63) is 0 Å². The molecule has 1 saturated carbocycles. The van der Waals surface area contributed by atoms with Gasteiger partial charge in [-0.2, -0.15) is 0 Å². The van der Waals surface area contributed by atoms with Gasteiger partial charge in [-0.25, -0.2) is 4.39 Å². The summed E-state index contributed by atoms with van der Waals surface area (Å²) >= 11 is 0. The van der Waals surface area contributed by atoms with E-state index in [1.54, 1.807) is 0 Å². The Hall–Kier alpha value is -0.600. The maximum atomic E-state index is 11.8. The minimum atomic E-state index is -0.463. The molecule has 0 aromatic rings. The molecule has 1 aliphatic carbocycles. The zero-order valence-electron chi connectivity index (χ0n) is 8.18. The van der Waals surface area contributed by atoms with Crippen LogP contribution in [0.2, 0.25) is 0 Å². The zero-order chi connectivity index (χ0) is 9.68. The SMILES string of the molecule is CC1CCC(C(=O)NCCF)CC1. The molecular formula is C10H18FNO. The summed E-state index contributed by atoms with van der Waals surface area (Å²) in [5, 5.41) is 2.60. The van der Waals surface area contributed by atoms with Crippen molar-refractivity contribution < 1.29 is 9.18 Å². The number of hydrogen-bond donors (Lipinski definition) is 1. The highest BCUT2D eigenvalue weighted by Gasteiger charge is 2.23. The molecule has 13 heavy (non-hydrogen) atoms. The van der Waals surface area contributed by atoms with Gasteiger partial charge in [0.15, 0.2) is 0 Å². The predicted molar refractivity (Wildman–Crippen MR) is 50.1 cm³/mol. The molecule has 0 spiro atoms. The Morgan fingerprint density at radius 3 is 2.54 bits per heavy atom. The Kier molecular flexibility index (Phi) is 4.19. The van der Waals surface area contributed by atoms with Crippen molar-refractivity contribution in [2.75, 3.05) is 13.2 Å². The molecule has 1 rings (SSSR count). The second-order valence-corrected chi connectivity index (χ2v) is 3.94. The molecular weight excluding hydrogens is 169 g/mol. The Balaban J connectivity index is 2.23. The molecule has 1 amide bonds. The molecule has 0 atom stereocenters. The summed E-state index contributed by atoms with van der Waals surface area (Å²) in [5.74, 6) is 0.942. The second-order valence-electron chi connectivity index (χ2n) is 3.94. The van der Waals surface area contributed by atoms with E-state index in [2.05, 4.69) is 12.2 Å². The van der Waals surface area contributed by atoms with Crippen LogP contribution in [-0.4, -0.2) is 19.1 Å². The highest BCUT2D eigenvalue weighted by molar-refractivity contribution is 5.78. The molecule has 1 N–H and O–H groups in total. The maximum absolute atomic E-state index is 11.8. The third kappa shape index (κ3) is 3.33. The van der Waals surface area contributed by atoms with Gasteiger partial charge < -0.3 is 5.32 Å². The van der Waals surface area contributed by atoms with Crippen LogP contribution in [0.1, 0.15) is 32.6 Å². The molecule has 1 aliphatic rings. The van der Waals surface area contributed by atoms with E-state index in [1.165, 1.54) is 0 Å². The minimum Gasteiger partial charge on any atom is -0.353 e. The Morgan fingerprint density at radius 2 is 2.00 bits per heavy atom. The van der Waals surface area contributed by atoms with Gasteiger partial charge in [-0.1, -0.05) is 6.92 Å².